The first-order valence-electron chi connectivity index (χ1n) is 4.17. The Hall–Kier alpha value is -1.51. The van der Waals surface area contributed by atoms with Crippen molar-refractivity contribution in [1.29, 1.82) is 0 Å². The third-order valence-corrected chi connectivity index (χ3v) is 1.73. The fraction of sp³-hybridized carbons (Fsp3) is 0.300. The maximum atomic E-state index is 5.71. The van der Waals surface area contributed by atoms with Crippen LogP contribution in [0.1, 0.15) is 6.92 Å². The van der Waals surface area contributed by atoms with E-state index in [-0.39, 0.29) is 0 Å². The molecule has 0 aliphatic carbocycles. The number of nitrogen functional groups attached to an aromatic ring is 1. The maximum Gasteiger partial charge on any atom is 0.146 e. The molecule has 0 bridgehead atoms. The topological polar surface area (TPSA) is 42.2 Å². The summed E-state index contributed by atoms with van der Waals surface area (Å²) in [6, 6.07) is 3.83. The largest absolute Gasteiger partial charge is 0.382 e. The molecule has 0 unspecified atom stereocenters. The molecule has 3 nitrogen and oxygen atoms in total. The van der Waals surface area contributed by atoms with Crippen LogP contribution in [0.15, 0.2) is 30.5 Å². The normalized spacial score (nSPS) is 9.69. The number of rotatable bonds is 3. The molecule has 1 heterocycles. The molecule has 0 spiro atoms. The highest BCUT2D eigenvalue weighted by Gasteiger charge is 2.04. The van der Waals surface area contributed by atoms with Gasteiger partial charge in [-0.15, -0.1) is 0 Å². The van der Waals surface area contributed by atoms with E-state index >= 15 is 0 Å². The van der Waals surface area contributed by atoms with Crippen molar-refractivity contribution in [2.45, 2.75) is 6.92 Å². The summed E-state index contributed by atoms with van der Waals surface area (Å²) in [5.41, 5.74) is 7.77. The fourth-order valence-corrected chi connectivity index (χ4v) is 1.22. The van der Waals surface area contributed by atoms with E-state index in [1.54, 1.807) is 6.20 Å². The van der Waals surface area contributed by atoms with Gasteiger partial charge in [0, 0.05) is 19.8 Å². The molecule has 70 valence electrons. The fourth-order valence-electron chi connectivity index (χ4n) is 1.22. The summed E-state index contributed by atoms with van der Waals surface area (Å²) in [4.78, 5) is 6.05. The Morgan fingerprint density at radius 1 is 1.69 bits per heavy atom. The van der Waals surface area contributed by atoms with E-state index < -0.39 is 0 Å². The van der Waals surface area contributed by atoms with E-state index in [2.05, 4.69) is 11.6 Å². The van der Waals surface area contributed by atoms with Crippen LogP contribution in [0.3, 0.4) is 0 Å². The summed E-state index contributed by atoms with van der Waals surface area (Å²) in [5.74, 6) is 0.561. The smallest absolute Gasteiger partial charge is 0.146 e. The zero-order valence-corrected chi connectivity index (χ0v) is 8.12. The molecule has 0 amide bonds. The molecular formula is C10H15N3. The molecular weight excluding hydrogens is 162 g/mol. The first-order valence-corrected chi connectivity index (χ1v) is 4.17. The predicted molar refractivity (Wildman–Crippen MR) is 56.7 cm³/mol. The number of nitrogens with two attached hydrogens (primary N) is 1. The van der Waals surface area contributed by atoms with Gasteiger partial charge >= 0.3 is 0 Å². The highest BCUT2D eigenvalue weighted by molar-refractivity contribution is 5.62. The first-order chi connectivity index (χ1) is 6.11. The minimum Gasteiger partial charge on any atom is -0.382 e. The minimum absolute atomic E-state index is 0.561. The molecule has 0 atom stereocenters. The van der Waals surface area contributed by atoms with Gasteiger partial charge in [0.2, 0.25) is 0 Å². The average molecular weight is 177 g/mol. The van der Waals surface area contributed by atoms with Gasteiger partial charge in [-0.05, 0) is 19.1 Å². The molecule has 1 aromatic rings. The summed E-state index contributed by atoms with van der Waals surface area (Å²) in [6.07, 6.45) is 1.69. The average Bonchev–Trinajstić information content (AvgIpc) is 2.03. The van der Waals surface area contributed by atoms with Crippen molar-refractivity contribution in [2.75, 3.05) is 24.2 Å². The zero-order valence-electron chi connectivity index (χ0n) is 8.12. The minimum atomic E-state index is 0.561. The lowest BCUT2D eigenvalue weighted by atomic mass is 10.3. The van der Waals surface area contributed by atoms with Crippen molar-refractivity contribution in [3.8, 4) is 0 Å². The van der Waals surface area contributed by atoms with Gasteiger partial charge in [-0.1, -0.05) is 12.2 Å². The van der Waals surface area contributed by atoms with Crippen LogP contribution in [-0.2, 0) is 0 Å². The lowest BCUT2D eigenvalue weighted by molar-refractivity contribution is 0.981. The Bertz CT molecular complexity index is 307. The van der Waals surface area contributed by atoms with E-state index in [1.807, 2.05) is 31.0 Å². The van der Waals surface area contributed by atoms with Crippen molar-refractivity contribution < 1.29 is 0 Å². The number of aromatic nitrogens is 1. The molecule has 1 aromatic heterocycles. The van der Waals surface area contributed by atoms with E-state index in [0.717, 1.165) is 17.8 Å². The van der Waals surface area contributed by atoms with E-state index in [4.69, 9.17) is 5.73 Å². The van der Waals surface area contributed by atoms with Crippen LogP contribution in [-0.4, -0.2) is 18.6 Å². The molecule has 0 aromatic carbocycles. The number of hydrogen-bond acceptors (Lipinski definition) is 3. The lowest BCUT2D eigenvalue weighted by Crippen LogP contribution is -2.20. The van der Waals surface area contributed by atoms with Crippen LogP contribution in [0.2, 0.25) is 0 Å². The summed E-state index contributed by atoms with van der Waals surface area (Å²) in [5, 5.41) is 0. The monoisotopic (exact) mass is 177 g/mol. The van der Waals surface area contributed by atoms with E-state index in [1.165, 1.54) is 0 Å². The van der Waals surface area contributed by atoms with E-state index in [9.17, 15) is 0 Å². The highest BCUT2D eigenvalue weighted by Crippen LogP contribution is 2.18. The number of anilines is 2. The van der Waals surface area contributed by atoms with Crippen molar-refractivity contribution in [3.05, 3.63) is 30.5 Å². The van der Waals surface area contributed by atoms with Gasteiger partial charge < -0.3 is 10.6 Å². The van der Waals surface area contributed by atoms with Crippen LogP contribution in [0.5, 0.6) is 0 Å². The Morgan fingerprint density at radius 2 is 2.38 bits per heavy atom. The summed E-state index contributed by atoms with van der Waals surface area (Å²) in [7, 11) is 1.97. The Labute approximate surface area is 78.9 Å². The van der Waals surface area contributed by atoms with Crippen LogP contribution >= 0.6 is 0 Å². The van der Waals surface area contributed by atoms with Gasteiger partial charge in [0.1, 0.15) is 5.82 Å². The highest BCUT2D eigenvalue weighted by atomic mass is 15.1. The standard InChI is InChI=1S/C10H15N3/c1-8(2)7-13(3)9-5-4-6-12-10(9)11/h4-6H,1,7H2,2-3H3,(H2,11,12). The number of pyridine rings is 1. The molecule has 0 saturated carbocycles. The second-order valence-electron chi connectivity index (χ2n) is 3.22. The first kappa shape index (κ1) is 9.58. The molecule has 0 aliphatic heterocycles. The Morgan fingerprint density at radius 3 is 2.92 bits per heavy atom. The zero-order chi connectivity index (χ0) is 9.84. The number of likely N-dealkylation sites (N-methyl/N-ethyl adjacent to an activating group) is 1. The van der Waals surface area contributed by atoms with Gasteiger partial charge in [0.05, 0.1) is 5.69 Å². The molecule has 3 heteroatoms. The van der Waals surface area contributed by atoms with E-state index in [0.29, 0.717) is 5.82 Å². The quantitative estimate of drug-likeness (QED) is 0.714. The summed E-state index contributed by atoms with van der Waals surface area (Å²) in [6.45, 7) is 6.64. The van der Waals surface area contributed by atoms with Crippen molar-refractivity contribution in [3.63, 3.8) is 0 Å². The van der Waals surface area contributed by atoms with Crippen molar-refractivity contribution >= 4 is 11.5 Å². The summed E-state index contributed by atoms with van der Waals surface area (Å²) >= 11 is 0. The van der Waals surface area contributed by atoms with Gasteiger partial charge in [0.15, 0.2) is 0 Å². The van der Waals surface area contributed by atoms with Crippen molar-refractivity contribution in [1.82, 2.24) is 4.98 Å². The van der Waals surface area contributed by atoms with Crippen LogP contribution in [0, 0.1) is 0 Å². The van der Waals surface area contributed by atoms with Gasteiger partial charge in [-0.2, -0.15) is 0 Å². The Balaban J connectivity index is 2.82. The number of hydrogen-bond donors (Lipinski definition) is 1. The number of nitrogens with zero attached hydrogens (tertiary/aromatic N) is 2. The third-order valence-electron chi connectivity index (χ3n) is 1.73. The lowest BCUT2D eigenvalue weighted by Gasteiger charge is -2.19. The van der Waals surface area contributed by atoms with Gasteiger partial charge in [-0.25, -0.2) is 4.98 Å². The van der Waals surface area contributed by atoms with Crippen LogP contribution < -0.4 is 10.6 Å². The molecule has 13 heavy (non-hydrogen) atoms. The van der Waals surface area contributed by atoms with Gasteiger partial charge in [0.25, 0.3) is 0 Å². The second-order valence-corrected chi connectivity index (χ2v) is 3.22. The molecule has 0 radical (unpaired) electrons. The predicted octanol–water partition coefficient (Wildman–Crippen LogP) is 1.68. The second kappa shape index (κ2) is 3.94. The van der Waals surface area contributed by atoms with Gasteiger partial charge in [-0.3, -0.25) is 0 Å². The molecule has 0 fully saturated rings. The third kappa shape index (κ3) is 2.47. The van der Waals surface area contributed by atoms with Crippen LogP contribution in [0.4, 0.5) is 11.5 Å². The molecule has 1 rings (SSSR count). The molecule has 0 aliphatic rings. The molecule has 2 N–H and O–H groups in total. The summed E-state index contributed by atoms with van der Waals surface area (Å²) < 4.78 is 0. The molecule has 0 saturated heterocycles. The van der Waals surface area contributed by atoms with Crippen molar-refractivity contribution in [2.24, 2.45) is 0 Å². The van der Waals surface area contributed by atoms with Crippen LogP contribution in [0.25, 0.3) is 0 Å². The maximum absolute atomic E-state index is 5.71. The SMILES string of the molecule is C=C(C)CN(C)c1cccnc1N. The Kier molecular flexibility index (Phi) is 2.90.